The standard InChI is InChI=1S/C37H41Cl2N3O4S/c1-6-28(5)40-37(44)35(22-29-10-8-7-9-11-29)41(23-30-15-19-33(38)34(39)21-30)36(43)24-42(31-16-14-26(3)27(4)20-31)47(45,46)32-17-12-25(2)13-18-32/h7-21,28,35H,6,22-24H2,1-5H3,(H,40,44)/t28-,35+/m0/s1. The molecule has 0 unspecified atom stereocenters. The highest BCUT2D eigenvalue weighted by molar-refractivity contribution is 7.92. The molecule has 0 aliphatic rings. The quantitative estimate of drug-likeness (QED) is 0.156. The molecule has 0 heterocycles. The van der Waals surface area contributed by atoms with Gasteiger partial charge in [0.25, 0.3) is 10.0 Å². The number of sulfonamides is 1. The van der Waals surface area contributed by atoms with E-state index in [2.05, 4.69) is 5.32 Å². The zero-order valence-electron chi connectivity index (χ0n) is 27.3. The third-order valence-electron chi connectivity index (χ3n) is 8.28. The molecule has 4 aromatic carbocycles. The summed E-state index contributed by atoms with van der Waals surface area (Å²) in [5.41, 5.74) is 4.60. The van der Waals surface area contributed by atoms with Crippen molar-refractivity contribution in [2.75, 3.05) is 10.8 Å². The monoisotopic (exact) mass is 693 g/mol. The zero-order valence-corrected chi connectivity index (χ0v) is 29.7. The second-order valence-corrected chi connectivity index (χ2v) is 14.6. The van der Waals surface area contributed by atoms with Crippen LogP contribution < -0.4 is 9.62 Å². The summed E-state index contributed by atoms with van der Waals surface area (Å²) in [5.74, 6) is -0.888. The summed E-state index contributed by atoms with van der Waals surface area (Å²) in [7, 11) is -4.20. The first-order chi connectivity index (χ1) is 22.3. The van der Waals surface area contributed by atoms with Crippen LogP contribution in [-0.2, 0) is 32.6 Å². The van der Waals surface area contributed by atoms with Crippen LogP contribution in [0.1, 0.15) is 48.1 Å². The number of carbonyl (C=O) groups is 2. The maximum absolute atomic E-state index is 14.6. The van der Waals surface area contributed by atoms with Crippen LogP contribution in [0, 0.1) is 20.8 Å². The molecule has 0 radical (unpaired) electrons. The molecule has 2 atom stereocenters. The fraction of sp³-hybridized carbons (Fsp3) is 0.297. The molecule has 0 saturated heterocycles. The fourth-order valence-electron chi connectivity index (χ4n) is 5.08. The van der Waals surface area contributed by atoms with Gasteiger partial charge in [-0.15, -0.1) is 0 Å². The molecule has 4 rings (SSSR count). The van der Waals surface area contributed by atoms with E-state index in [1.165, 1.54) is 17.0 Å². The van der Waals surface area contributed by atoms with E-state index < -0.39 is 28.5 Å². The van der Waals surface area contributed by atoms with Crippen molar-refractivity contribution in [3.05, 3.63) is 129 Å². The van der Waals surface area contributed by atoms with E-state index in [-0.39, 0.29) is 29.8 Å². The smallest absolute Gasteiger partial charge is 0.264 e. The molecule has 248 valence electrons. The van der Waals surface area contributed by atoms with E-state index in [1.807, 2.05) is 71.0 Å². The molecule has 1 N–H and O–H groups in total. The Morgan fingerprint density at radius 1 is 0.809 bits per heavy atom. The van der Waals surface area contributed by atoms with Gasteiger partial charge in [0.1, 0.15) is 12.6 Å². The molecule has 0 aliphatic heterocycles. The molecule has 2 amide bonds. The summed E-state index contributed by atoms with van der Waals surface area (Å²) in [6, 6.07) is 25.2. The van der Waals surface area contributed by atoms with Crippen LogP contribution in [0.5, 0.6) is 0 Å². The largest absolute Gasteiger partial charge is 0.352 e. The lowest BCUT2D eigenvalue weighted by Crippen LogP contribution is -2.54. The van der Waals surface area contributed by atoms with Gasteiger partial charge in [-0.25, -0.2) is 8.42 Å². The number of carbonyl (C=O) groups excluding carboxylic acids is 2. The molecule has 10 heteroatoms. The van der Waals surface area contributed by atoms with E-state index in [0.717, 1.165) is 26.6 Å². The molecule has 7 nitrogen and oxygen atoms in total. The molecular weight excluding hydrogens is 653 g/mol. The zero-order chi connectivity index (χ0) is 34.3. The van der Waals surface area contributed by atoms with E-state index in [9.17, 15) is 18.0 Å². The summed E-state index contributed by atoms with van der Waals surface area (Å²) in [6.45, 7) is 9.02. The Kier molecular flexibility index (Phi) is 12.1. The Labute approximate surface area is 288 Å². The molecule has 0 aliphatic carbocycles. The summed E-state index contributed by atoms with van der Waals surface area (Å²) >= 11 is 12.6. The Balaban J connectivity index is 1.84. The third kappa shape index (κ3) is 9.15. The van der Waals surface area contributed by atoms with Crippen molar-refractivity contribution in [2.45, 2.75) is 71.0 Å². The topological polar surface area (TPSA) is 86.8 Å². The molecule has 0 fully saturated rings. The second kappa shape index (κ2) is 15.8. The second-order valence-electron chi connectivity index (χ2n) is 11.9. The van der Waals surface area contributed by atoms with Crippen LogP contribution in [0.2, 0.25) is 10.0 Å². The average molecular weight is 695 g/mol. The van der Waals surface area contributed by atoms with Gasteiger partial charge in [0.05, 0.1) is 20.6 Å². The predicted octanol–water partition coefficient (Wildman–Crippen LogP) is 7.67. The first-order valence-corrected chi connectivity index (χ1v) is 17.7. The van der Waals surface area contributed by atoms with Crippen LogP contribution >= 0.6 is 23.2 Å². The van der Waals surface area contributed by atoms with Crippen LogP contribution in [0.15, 0.2) is 95.9 Å². The number of amides is 2. The number of rotatable bonds is 13. The first kappa shape index (κ1) is 36.0. The van der Waals surface area contributed by atoms with Crippen LogP contribution in [0.25, 0.3) is 0 Å². The summed E-state index contributed by atoms with van der Waals surface area (Å²) < 4.78 is 29.6. The van der Waals surface area contributed by atoms with Crippen molar-refractivity contribution in [1.82, 2.24) is 10.2 Å². The summed E-state index contributed by atoms with van der Waals surface area (Å²) in [4.78, 5) is 30.1. The maximum atomic E-state index is 14.6. The van der Waals surface area contributed by atoms with Crippen molar-refractivity contribution in [3.8, 4) is 0 Å². The molecule has 4 aromatic rings. The highest BCUT2D eigenvalue weighted by Crippen LogP contribution is 2.28. The number of nitrogens with zero attached hydrogens (tertiary/aromatic N) is 2. The Morgan fingerprint density at radius 2 is 1.49 bits per heavy atom. The summed E-state index contributed by atoms with van der Waals surface area (Å²) in [6.07, 6.45) is 0.907. The minimum atomic E-state index is -4.20. The van der Waals surface area contributed by atoms with Crippen molar-refractivity contribution >= 4 is 50.7 Å². The molecular formula is C37H41Cl2N3O4S. The Bertz CT molecular complexity index is 1820. The number of halogens is 2. The van der Waals surface area contributed by atoms with E-state index in [1.54, 1.807) is 42.5 Å². The molecule has 0 spiro atoms. The first-order valence-electron chi connectivity index (χ1n) is 15.5. The fourth-order valence-corrected chi connectivity index (χ4v) is 6.80. The summed E-state index contributed by atoms with van der Waals surface area (Å²) in [5, 5.41) is 3.70. The van der Waals surface area contributed by atoms with E-state index in [0.29, 0.717) is 27.7 Å². The normalized spacial score (nSPS) is 12.7. The number of nitrogens with one attached hydrogen (secondary N) is 1. The Hall–Kier alpha value is -3.85. The minimum Gasteiger partial charge on any atom is -0.352 e. The van der Waals surface area contributed by atoms with Crippen molar-refractivity contribution in [2.24, 2.45) is 0 Å². The number of benzene rings is 4. The minimum absolute atomic E-state index is 0.00745. The van der Waals surface area contributed by atoms with Crippen molar-refractivity contribution in [1.29, 1.82) is 0 Å². The number of aryl methyl sites for hydroxylation is 3. The van der Waals surface area contributed by atoms with Gasteiger partial charge in [-0.1, -0.05) is 90.3 Å². The van der Waals surface area contributed by atoms with Crippen LogP contribution in [0.4, 0.5) is 5.69 Å². The SMILES string of the molecule is CC[C@H](C)NC(=O)[C@@H](Cc1ccccc1)N(Cc1ccc(Cl)c(Cl)c1)C(=O)CN(c1ccc(C)c(C)c1)S(=O)(=O)c1ccc(C)cc1. The lowest BCUT2D eigenvalue weighted by atomic mass is 10.0. The lowest BCUT2D eigenvalue weighted by Gasteiger charge is -2.34. The van der Waals surface area contributed by atoms with Gasteiger partial charge in [0.15, 0.2) is 0 Å². The van der Waals surface area contributed by atoms with E-state index in [4.69, 9.17) is 23.2 Å². The predicted molar refractivity (Wildman–Crippen MR) is 190 cm³/mol. The van der Waals surface area contributed by atoms with Gasteiger partial charge in [-0.3, -0.25) is 13.9 Å². The molecule has 0 bridgehead atoms. The molecule has 0 aromatic heterocycles. The number of hydrogen-bond donors (Lipinski definition) is 1. The van der Waals surface area contributed by atoms with Crippen LogP contribution in [0.3, 0.4) is 0 Å². The lowest BCUT2D eigenvalue weighted by molar-refractivity contribution is -0.140. The maximum Gasteiger partial charge on any atom is 0.264 e. The van der Waals surface area contributed by atoms with Gasteiger partial charge in [-0.2, -0.15) is 0 Å². The Morgan fingerprint density at radius 3 is 2.11 bits per heavy atom. The average Bonchev–Trinajstić information content (AvgIpc) is 3.05. The third-order valence-corrected chi connectivity index (χ3v) is 10.8. The van der Waals surface area contributed by atoms with E-state index >= 15 is 0 Å². The van der Waals surface area contributed by atoms with Gasteiger partial charge in [0.2, 0.25) is 11.8 Å². The van der Waals surface area contributed by atoms with Crippen molar-refractivity contribution < 1.29 is 18.0 Å². The number of anilines is 1. The van der Waals surface area contributed by atoms with Crippen molar-refractivity contribution in [3.63, 3.8) is 0 Å². The van der Waals surface area contributed by atoms with Crippen LogP contribution in [-0.4, -0.2) is 43.8 Å². The molecule has 0 saturated carbocycles. The van der Waals surface area contributed by atoms with Gasteiger partial charge in [0, 0.05) is 19.0 Å². The van der Waals surface area contributed by atoms with Gasteiger partial charge in [-0.05, 0) is 92.8 Å². The highest BCUT2D eigenvalue weighted by atomic mass is 35.5. The highest BCUT2D eigenvalue weighted by Gasteiger charge is 2.35. The molecule has 47 heavy (non-hydrogen) atoms. The van der Waals surface area contributed by atoms with Gasteiger partial charge < -0.3 is 10.2 Å². The van der Waals surface area contributed by atoms with Gasteiger partial charge >= 0.3 is 0 Å². The number of hydrogen-bond acceptors (Lipinski definition) is 4.